The van der Waals surface area contributed by atoms with Gasteiger partial charge in [-0.05, 0) is 59.0 Å². The number of hydrogen-bond donors (Lipinski definition) is 4. The van der Waals surface area contributed by atoms with Gasteiger partial charge in [-0.3, -0.25) is 14.2 Å². The van der Waals surface area contributed by atoms with Crippen molar-refractivity contribution in [2.24, 2.45) is 5.92 Å². The third-order valence-electron chi connectivity index (χ3n) is 10.4. The molecular weight excluding hydrogens is 897 g/mol. The topological polar surface area (TPSA) is 250 Å². The average molecular weight is 971 g/mol. The summed E-state index contributed by atoms with van der Waals surface area (Å²) in [5, 5.41) is 26.7. The molecule has 65 heavy (non-hydrogen) atoms. The molecule has 2 aromatic heterocycles. The summed E-state index contributed by atoms with van der Waals surface area (Å²) in [6, 6.07) is 0. The lowest BCUT2D eigenvalue weighted by Gasteiger charge is -2.40. The summed E-state index contributed by atoms with van der Waals surface area (Å²) < 4.78 is 52.3. The molecule has 1 unspecified atom stereocenters. The van der Waals surface area contributed by atoms with Gasteiger partial charge in [-0.1, -0.05) is 71.6 Å². The summed E-state index contributed by atoms with van der Waals surface area (Å²) in [6.07, 6.45) is 7.18. The second-order valence-electron chi connectivity index (χ2n) is 19.0. The van der Waals surface area contributed by atoms with Gasteiger partial charge in [-0.2, -0.15) is 0 Å². The first kappa shape index (κ1) is 54.4. The Morgan fingerprint density at radius 1 is 0.877 bits per heavy atom. The fraction of sp³-hybridized carbons (Fsp3) is 0.786. The number of aliphatic hydroxyl groups excluding tert-OH is 1. The molecule has 2 amide bonds. The highest BCUT2D eigenvalue weighted by molar-refractivity contribution is 6.83. The fourth-order valence-electron chi connectivity index (χ4n) is 7.36. The molecule has 5 atom stereocenters. The Hall–Kier alpha value is -3.24. The third kappa shape index (κ3) is 18.4. The van der Waals surface area contributed by atoms with E-state index >= 15 is 0 Å². The maximum absolute atomic E-state index is 13.4. The Balaban J connectivity index is 1.57. The Morgan fingerprint density at radius 3 is 2.06 bits per heavy atom. The number of ether oxygens (including phenoxy) is 4. The quantitative estimate of drug-likeness (QED) is 0.0727. The van der Waals surface area contributed by atoms with Gasteiger partial charge in [0.05, 0.1) is 38.9 Å². The molecule has 3 heterocycles. The smallest absolute Gasteiger partial charge is 0.479 e. The minimum atomic E-state index is -3.95. The van der Waals surface area contributed by atoms with E-state index in [1.807, 2.05) is 0 Å². The summed E-state index contributed by atoms with van der Waals surface area (Å²) in [5.41, 5.74) is 0.498. The number of carboxylic acid groups (broad SMARTS) is 1. The Labute approximate surface area is 386 Å². The maximum atomic E-state index is 13.4. The number of aliphatic carboxylic acids is 1. The van der Waals surface area contributed by atoms with Crippen LogP contribution >= 0.6 is 0 Å². The van der Waals surface area contributed by atoms with Crippen molar-refractivity contribution in [1.82, 2.24) is 24.8 Å². The number of alkyl carbamates (subject to hydrolysis) is 1. The summed E-state index contributed by atoms with van der Waals surface area (Å²) in [4.78, 5) is 61.9. The number of carboxylic acids is 1. The third-order valence-corrected chi connectivity index (χ3v) is 18.5. The van der Waals surface area contributed by atoms with Crippen LogP contribution in [-0.4, -0.2) is 143 Å². The lowest BCUT2D eigenvalue weighted by atomic mass is 10.00. The number of amides is 2. The van der Waals surface area contributed by atoms with Crippen molar-refractivity contribution in [3.8, 4) is 0 Å². The van der Waals surface area contributed by atoms with Gasteiger partial charge in [0.15, 0.2) is 52.1 Å². The van der Waals surface area contributed by atoms with E-state index in [9.17, 15) is 29.4 Å². The normalized spacial score (nSPS) is 21.4. The van der Waals surface area contributed by atoms with Crippen molar-refractivity contribution in [2.75, 3.05) is 38.3 Å². The number of carbonyl (C=O) groups is 4. The van der Waals surface area contributed by atoms with E-state index in [2.05, 4.69) is 64.9 Å². The first-order valence-electron chi connectivity index (χ1n) is 23.1. The molecule has 368 valence electrons. The van der Waals surface area contributed by atoms with E-state index in [1.165, 1.54) is 56.2 Å². The molecule has 2 aliphatic rings. The first-order chi connectivity index (χ1) is 30.7. The van der Waals surface area contributed by atoms with Crippen LogP contribution in [0, 0.1) is 5.92 Å². The summed E-state index contributed by atoms with van der Waals surface area (Å²) >= 11 is 0. The van der Waals surface area contributed by atoms with Crippen LogP contribution in [0.25, 0.3) is 11.2 Å². The molecule has 2 fully saturated rings. The number of hydrogen-bond acceptors (Lipinski definition) is 16. The molecule has 23 heteroatoms. The van der Waals surface area contributed by atoms with Crippen LogP contribution < -0.4 is 10.6 Å². The van der Waals surface area contributed by atoms with Crippen molar-refractivity contribution in [1.29, 1.82) is 0 Å². The first-order valence-corrected chi connectivity index (χ1v) is 31.5. The molecule has 4 rings (SSSR count). The van der Waals surface area contributed by atoms with Gasteiger partial charge in [-0.25, -0.2) is 24.5 Å². The van der Waals surface area contributed by atoms with Crippen LogP contribution in [0.1, 0.15) is 104 Å². The van der Waals surface area contributed by atoms with Crippen LogP contribution in [0.15, 0.2) is 12.7 Å². The van der Waals surface area contributed by atoms with Gasteiger partial charge in [0.25, 0.3) is 0 Å². The van der Waals surface area contributed by atoms with Crippen LogP contribution in [-0.2, 0) is 50.4 Å². The molecule has 1 aliphatic carbocycles. The molecule has 4 N–H and O–H groups in total. The van der Waals surface area contributed by atoms with E-state index < -0.39 is 68.4 Å². The van der Waals surface area contributed by atoms with Crippen molar-refractivity contribution >= 4 is 66.4 Å². The lowest BCUT2D eigenvalue weighted by molar-refractivity contribution is -0.153. The molecule has 0 spiro atoms. The largest absolute Gasteiger partial charge is 0.658 e. The number of carbonyl (C=O) groups excluding carboxylic acids is 3. The monoisotopic (exact) mass is 970 g/mol. The number of aromatic nitrogens is 4. The molecule has 2 aromatic rings. The van der Waals surface area contributed by atoms with E-state index in [0.29, 0.717) is 0 Å². The zero-order chi connectivity index (χ0) is 47.8. The van der Waals surface area contributed by atoms with Crippen LogP contribution in [0.3, 0.4) is 0 Å². The highest BCUT2D eigenvalue weighted by Crippen LogP contribution is 2.36. The van der Waals surface area contributed by atoms with Crippen molar-refractivity contribution < 1.29 is 65.4 Å². The lowest BCUT2D eigenvalue weighted by Crippen LogP contribution is -2.61. The van der Waals surface area contributed by atoms with Crippen molar-refractivity contribution in [2.45, 2.75) is 174 Å². The van der Waals surface area contributed by atoms with Gasteiger partial charge in [0.2, 0.25) is 5.91 Å². The number of rotatable bonds is 23. The molecule has 20 nitrogen and oxygen atoms in total. The number of nitrogens with zero attached hydrogens (tertiary/aromatic N) is 4. The molecule has 0 bridgehead atoms. The number of fused-ring (bicyclic) bond motifs is 1. The Morgan fingerprint density at radius 2 is 1.49 bits per heavy atom. The van der Waals surface area contributed by atoms with Gasteiger partial charge in [0.1, 0.15) is 24.3 Å². The highest BCUT2D eigenvalue weighted by atomic mass is 28.5. The minimum Gasteiger partial charge on any atom is -0.479 e. The predicted molar refractivity (Wildman–Crippen MR) is 247 cm³/mol. The summed E-state index contributed by atoms with van der Waals surface area (Å²) in [7, 11) is -8.73. The van der Waals surface area contributed by atoms with Gasteiger partial charge in [-0.15, -0.1) is 0 Å². The molecule has 0 aromatic carbocycles. The number of nitrogens with one attached hydrogen (secondary N) is 2. The van der Waals surface area contributed by atoms with Gasteiger partial charge in [0, 0.05) is 18.9 Å². The van der Waals surface area contributed by atoms with Crippen LogP contribution in [0.4, 0.5) is 10.6 Å². The SMILES string of the molecule is CC(=O)CC(OCCOCCNC(=O)O[C@@H]1[C@H](O)[C@@H](CO[Si](OC2CCCCCCCCCCC2)(O[Si](C)(C)C)O[Si](C)(C)C)O[C@H]1n1cnc2c(NC(=O)C(C)C)ncnc21)C(=O)O. The van der Waals surface area contributed by atoms with E-state index in [1.54, 1.807) is 13.8 Å². The second-order valence-corrected chi connectivity index (χ2v) is 30.6. The minimum absolute atomic E-state index is 0.00458. The number of ketones is 1. The Bertz CT molecular complexity index is 1800. The number of anilines is 1. The molecular formula is C42H74N6O14Si3. The predicted octanol–water partition coefficient (Wildman–Crippen LogP) is 6.08. The zero-order valence-corrected chi connectivity index (χ0v) is 42.8. The van der Waals surface area contributed by atoms with Gasteiger partial charge < -0.3 is 56.9 Å². The van der Waals surface area contributed by atoms with Gasteiger partial charge >= 0.3 is 21.1 Å². The number of Topliss-reactive ketones (excluding diaryl/α,β-unsaturated/α-hetero) is 1. The molecule has 1 saturated heterocycles. The maximum Gasteiger partial charge on any atom is 0.658 e. The molecule has 1 aliphatic heterocycles. The summed E-state index contributed by atoms with van der Waals surface area (Å²) in [5.74, 6) is -2.00. The van der Waals surface area contributed by atoms with E-state index in [-0.39, 0.29) is 80.1 Å². The number of aliphatic hydroxyl groups is 1. The molecule has 0 radical (unpaired) electrons. The highest BCUT2D eigenvalue weighted by Gasteiger charge is 2.55. The van der Waals surface area contributed by atoms with Crippen molar-refractivity contribution in [3.05, 3.63) is 12.7 Å². The molecule has 1 saturated carbocycles. The average Bonchev–Trinajstić information content (AvgIpc) is 3.76. The summed E-state index contributed by atoms with van der Waals surface area (Å²) in [6.45, 7) is 16.8. The van der Waals surface area contributed by atoms with E-state index in [0.717, 1.165) is 38.5 Å². The fourth-order valence-corrected chi connectivity index (χ4v) is 15.8. The Kier molecular flexibility index (Phi) is 21.6. The van der Waals surface area contributed by atoms with Crippen molar-refractivity contribution in [3.63, 3.8) is 0 Å². The second kappa shape index (κ2) is 25.8. The standard InChI is InChI=1S/C42H74N6O14Si3/c1-29(2)39(51)47-37-34-38(45-27-44-37)48(28-46-34)40-36(59-42(54)43-21-22-55-23-24-56-32(41(52)53)25-30(3)49)35(50)33(58-40)26-57-65(61-63(4,5)6,62-64(7,8)9)60-31-19-17-15-13-11-10-12-14-16-18-20-31/h27-29,31-33,35-36,40,50H,10-26H2,1-9H3,(H,43,54)(H,52,53)(H,44,45,47,51)/t32?,33-,35-,36-,40-/m1/s1. The zero-order valence-electron chi connectivity index (χ0n) is 39.8. The number of imidazole rings is 1. The van der Waals surface area contributed by atoms with Crippen LogP contribution in [0.2, 0.25) is 39.3 Å². The van der Waals surface area contributed by atoms with Crippen LogP contribution in [0.5, 0.6) is 0 Å². The van der Waals surface area contributed by atoms with E-state index in [4.69, 9.17) is 36.0 Å².